The Morgan fingerprint density at radius 1 is 1.25 bits per heavy atom. The summed E-state index contributed by atoms with van der Waals surface area (Å²) in [7, 11) is -3.14. The molecule has 1 fully saturated rings. The van der Waals surface area contributed by atoms with Gasteiger partial charge in [0.1, 0.15) is 21.5 Å². The minimum atomic E-state index is -3.14. The third kappa shape index (κ3) is 3.17. The van der Waals surface area contributed by atoms with E-state index in [1.807, 2.05) is 0 Å². The number of hydrogen-bond donors (Lipinski definition) is 1. The Hall–Kier alpha value is -1.01. The monoisotopic (exact) mass is 303 g/mol. The van der Waals surface area contributed by atoms with Crippen LogP contribution in [0.4, 0.5) is 8.78 Å². The van der Waals surface area contributed by atoms with E-state index in [9.17, 15) is 17.2 Å². The molecule has 2 rings (SSSR count). The Morgan fingerprint density at radius 2 is 1.85 bits per heavy atom. The molecule has 0 heterocycles. The van der Waals surface area contributed by atoms with Gasteiger partial charge in [-0.25, -0.2) is 17.2 Å². The summed E-state index contributed by atoms with van der Waals surface area (Å²) >= 11 is 0. The van der Waals surface area contributed by atoms with Gasteiger partial charge in [0.05, 0.1) is 5.25 Å². The highest BCUT2D eigenvalue weighted by molar-refractivity contribution is 7.91. The second-order valence-electron chi connectivity index (χ2n) is 5.54. The molecule has 2 N–H and O–H groups in total. The van der Waals surface area contributed by atoms with Crippen molar-refractivity contribution in [1.82, 2.24) is 0 Å². The maximum Gasteiger partial charge on any atom is 0.150 e. The SMILES string of the molecule is CS(=O)(=O)C1CCCC(C(N)c2c(F)cccc2F)C1. The topological polar surface area (TPSA) is 60.2 Å². The molecule has 6 heteroatoms. The molecule has 3 atom stereocenters. The minimum absolute atomic E-state index is 0.133. The fourth-order valence-electron chi connectivity index (χ4n) is 2.96. The highest BCUT2D eigenvalue weighted by Gasteiger charge is 2.34. The molecule has 1 aliphatic carbocycles. The van der Waals surface area contributed by atoms with Crippen molar-refractivity contribution in [2.45, 2.75) is 37.0 Å². The minimum Gasteiger partial charge on any atom is -0.324 e. The summed E-state index contributed by atoms with van der Waals surface area (Å²) in [4.78, 5) is 0. The van der Waals surface area contributed by atoms with Gasteiger partial charge in [-0.05, 0) is 37.3 Å². The molecule has 1 aliphatic rings. The van der Waals surface area contributed by atoms with Gasteiger partial charge in [-0.2, -0.15) is 0 Å². The molecule has 1 saturated carbocycles. The van der Waals surface area contributed by atoms with Crippen LogP contribution in [-0.4, -0.2) is 19.9 Å². The van der Waals surface area contributed by atoms with Crippen molar-refractivity contribution in [1.29, 1.82) is 0 Å². The predicted octanol–water partition coefficient (Wildman–Crippen LogP) is 2.57. The van der Waals surface area contributed by atoms with Crippen LogP contribution in [0, 0.1) is 17.6 Å². The summed E-state index contributed by atoms with van der Waals surface area (Å²) in [6.45, 7) is 0. The summed E-state index contributed by atoms with van der Waals surface area (Å²) in [5.41, 5.74) is 5.87. The molecule has 0 aliphatic heterocycles. The van der Waals surface area contributed by atoms with E-state index in [4.69, 9.17) is 5.73 Å². The van der Waals surface area contributed by atoms with Crippen molar-refractivity contribution in [3.05, 3.63) is 35.4 Å². The van der Waals surface area contributed by atoms with Gasteiger partial charge in [-0.15, -0.1) is 0 Å². The largest absolute Gasteiger partial charge is 0.324 e. The first-order chi connectivity index (χ1) is 9.30. The third-order valence-corrected chi connectivity index (χ3v) is 5.75. The van der Waals surface area contributed by atoms with Crippen LogP contribution >= 0.6 is 0 Å². The predicted molar refractivity (Wildman–Crippen MR) is 73.9 cm³/mol. The van der Waals surface area contributed by atoms with Crippen LogP contribution in [0.3, 0.4) is 0 Å². The number of nitrogens with two attached hydrogens (primary N) is 1. The van der Waals surface area contributed by atoms with Gasteiger partial charge in [-0.1, -0.05) is 12.5 Å². The second-order valence-corrected chi connectivity index (χ2v) is 7.87. The van der Waals surface area contributed by atoms with Gasteiger partial charge in [0.25, 0.3) is 0 Å². The standard InChI is InChI=1S/C14H19F2NO2S/c1-20(18,19)10-5-2-4-9(8-10)14(17)13-11(15)6-3-7-12(13)16/h3,6-7,9-10,14H,2,4-5,8,17H2,1H3. The highest BCUT2D eigenvalue weighted by Crippen LogP contribution is 2.37. The number of benzene rings is 1. The molecular weight excluding hydrogens is 284 g/mol. The van der Waals surface area contributed by atoms with E-state index in [1.54, 1.807) is 0 Å². The van der Waals surface area contributed by atoms with Crippen LogP contribution in [0.2, 0.25) is 0 Å². The van der Waals surface area contributed by atoms with Gasteiger partial charge >= 0.3 is 0 Å². The lowest BCUT2D eigenvalue weighted by Gasteiger charge is -2.32. The maximum absolute atomic E-state index is 13.7. The van der Waals surface area contributed by atoms with E-state index in [0.717, 1.165) is 0 Å². The number of hydrogen-bond acceptors (Lipinski definition) is 3. The Bertz CT molecular complexity index is 569. The molecule has 1 aromatic rings. The zero-order valence-corrected chi connectivity index (χ0v) is 12.2. The van der Waals surface area contributed by atoms with Gasteiger partial charge in [0, 0.05) is 17.9 Å². The molecule has 1 aromatic carbocycles. The van der Waals surface area contributed by atoms with E-state index >= 15 is 0 Å². The fraction of sp³-hybridized carbons (Fsp3) is 0.571. The van der Waals surface area contributed by atoms with Gasteiger partial charge < -0.3 is 5.73 Å². The first-order valence-corrected chi connectivity index (χ1v) is 8.64. The molecular formula is C14H19F2NO2S. The molecule has 3 unspecified atom stereocenters. The summed E-state index contributed by atoms with van der Waals surface area (Å²) in [6.07, 6.45) is 3.58. The van der Waals surface area contributed by atoms with E-state index < -0.39 is 32.8 Å². The van der Waals surface area contributed by atoms with E-state index in [1.165, 1.54) is 24.5 Å². The summed E-state index contributed by atoms with van der Waals surface area (Å²) < 4.78 is 50.8. The number of halogens is 2. The van der Waals surface area contributed by atoms with E-state index in [2.05, 4.69) is 0 Å². The van der Waals surface area contributed by atoms with E-state index in [-0.39, 0.29) is 11.5 Å². The van der Waals surface area contributed by atoms with Gasteiger partial charge in [-0.3, -0.25) is 0 Å². The second kappa shape index (κ2) is 5.77. The first-order valence-electron chi connectivity index (χ1n) is 6.69. The Balaban J connectivity index is 2.23. The van der Waals surface area contributed by atoms with Gasteiger partial charge in [0.15, 0.2) is 0 Å². The van der Waals surface area contributed by atoms with Gasteiger partial charge in [0.2, 0.25) is 0 Å². The summed E-state index contributed by atoms with van der Waals surface area (Å²) in [5.74, 6) is -1.55. The average Bonchev–Trinajstić information content (AvgIpc) is 2.37. The molecule has 0 spiro atoms. The zero-order chi connectivity index (χ0) is 14.9. The van der Waals surface area contributed by atoms with Crippen LogP contribution in [0.25, 0.3) is 0 Å². The highest BCUT2D eigenvalue weighted by atomic mass is 32.2. The van der Waals surface area contributed by atoms with Crippen molar-refractivity contribution < 1.29 is 17.2 Å². The maximum atomic E-state index is 13.7. The van der Waals surface area contributed by atoms with Crippen LogP contribution in [0.15, 0.2) is 18.2 Å². The molecule has 0 saturated heterocycles. The molecule has 20 heavy (non-hydrogen) atoms. The lowest BCUT2D eigenvalue weighted by Crippen LogP contribution is -2.33. The van der Waals surface area contributed by atoms with Crippen molar-refractivity contribution in [2.75, 3.05) is 6.26 Å². The van der Waals surface area contributed by atoms with Crippen LogP contribution in [0.1, 0.15) is 37.3 Å². The average molecular weight is 303 g/mol. The molecule has 0 radical (unpaired) electrons. The summed E-state index contributed by atoms with van der Waals surface area (Å²) in [5, 5.41) is -0.456. The van der Waals surface area contributed by atoms with Crippen LogP contribution in [-0.2, 0) is 9.84 Å². The third-order valence-electron chi connectivity index (χ3n) is 4.11. The van der Waals surface area contributed by atoms with Crippen molar-refractivity contribution in [3.63, 3.8) is 0 Å². The molecule has 0 bridgehead atoms. The Labute approximate surface area is 118 Å². The van der Waals surface area contributed by atoms with Crippen molar-refractivity contribution in [2.24, 2.45) is 11.7 Å². The molecule has 112 valence electrons. The fourth-order valence-corrected chi connectivity index (χ4v) is 4.15. The first kappa shape index (κ1) is 15.4. The molecule has 3 nitrogen and oxygen atoms in total. The lowest BCUT2D eigenvalue weighted by molar-refractivity contribution is 0.299. The smallest absolute Gasteiger partial charge is 0.150 e. The number of rotatable bonds is 3. The number of sulfone groups is 1. The lowest BCUT2D eigenvalue weighted by atomic mass is 9.81. The normalized spacial score (nSPS) is 25.4. The Morgan fingerprint density at radius 3 is 2.40 bits per heavy atom. The molecule has 0 amide bonds. The Kier molecular flexibility index (Phi) is 4.44. The van der Waals surface area contributed by atoms with E-state index in [0.29, 0.717) is 25.7 Å². The summed E-state index contributed by atoms with van der Waals surface area (Å²) in [6, 6.07) is 2.84. The zero-order valence-electron chi connectivity index (χ0n) is 11.4. The quantitative estimate of drug-likeness (QED) is 0.933. The molecule has 0 aromatic heterocycles. The van der Waals surface area contributed by atoms with Crippen LogP contribution < -0.4 is 5.73 Å². The van der Waals surface area contributed by atoms with Crippen molar-refractivity contribution >= 4 is 9.84 Å². The van der Waals surface area contributed by atoms with Crippen LogP contribution in [0.5, 0.6) is 0 Å². The van der Waals surface area contributed by atoms with Crippen molar-refractivity contribution in [3.8, 4) is 0 Å².